The van der Waals surface area contributed by atoms with E-state index in [1.807, 2.05) is 19.1 Å². The highest BCUT2D eigenvalue weighted by Gasteiger charge is 2.34. The van der Waals surface area contributed by atoms with Crippen LogP contribution < -0.4 is 10.2 Å². The molecule has 3 aromatic rings. The summed E-state index contributed by atoms with van der Waals surface area (Å²) >= 11 is 6.39. The number of nitro benzene ring substituents is 1. The molecule has 3 aromatic carbocycles. The number of nitro groups is 1. The predicted molar refractivity (Wildman–Crippen MR) is 145 cm³/mol. The summed E-state index contributed by atoms with van der Waals surface area (Å²) in [5.74, 6) is -1.53. The first-order chi connectivity index (χ1) is 17.7. The quantitative estimate of drug-likeness (QED) is 0.146. The number of amides is 2. The maximum Gasteiger partial charge on any atom is 0.338 e. The second kappa shape index (κ2) is 11.1. The first-order valence-corrected chi connectivity index (χ1v) is 12.1. The van der Waals surface area contributed by atoms with Gasteiger partial charge in [-0.1, -0.05) is 59.9 Å². The molecular formula is C26H19N3O6S2. The van der Waals surface area contributed by atoms with Crippen LogP contribution in [0.4, 0.5) is 17.1 Å². The SMILES string of the molecule is Cc1ccc(NC(=O)COC(=O)c2ccc(/C=C3/SC(=S)N(c4cccc([N+](=O)[O-])c4)C3=O)cc2)cc1. The van der Waals surface area contributed by atoms with Gasteiger partial charge in [-0.25, -0.2) is 4.79 Å². The molecule has 1 heterocycles. The topological polar surface area (TPSA) is 119 Å². The monoisotopic (exact) mass is 533 g/mol. The van der Waals surface area contributed by atoms with Crippen molar-refractivity contribution in [3.8, 4) is 0 Å². The van der Waals surface area contributed by atoms with Crippen LogP contribution in [0.25, 0.3) is 6.08 Å². The number of thiocarbonyl (C=S) groups is 1. The highest BCUT2D eigenvalue weighted by Crippen LogP contribution is 2.37. The molecule has 1 aliphatic heterocycles. The third-order valence-corrected chi connectivity index (χ3v) is 6.51. The largest absolute Gasteiger partial charge is 0.452 e. The molecule has 2 amide bonds. The second-order valence-corrected chi connectivity index (χ2v) is 9.58. The molecule has 1 aliphatic rings. The number of hydrogen-bond donors (Lipinski definition) is 1. The van der Waals surface area contributed by atoms with Gasteiger partial charge in [-0.2, -0.15) is 0 Å². The Morgan fingerprint density at radius 1 is 1.11 bits per heavy atom. The van der Waals surface area contributed by atoms with Gasteiger partial charge in [0.2, 0.25) is 0 Å². The van der Waals surface area contributed by atoms with Crippen molar-refractivity contribution in [3.05, 3.63) is 105 Å². The van der Waals surface area contributed by atoms with Gasteiger partial charge in [-0.15, -0.1) is 0 Å². The molecule has 0 bridgehead atoms. The van der Waals surface area contributed by atoms with Crippen LogP contribution in [0.15, 0.2) is 77.7 Å². The Morgan fingerprint density at radius 2 is 1.81 bits per heavy atom. The Bertz CT molecular complexity index is 1440. The van der Waals surface area contributed by atoms with Crippen LogP contribution in [0.3, 0.4) is 0 Å². The summed E-state index contributed by atoms with van der Waals surface area (Å²) in [6.45, 7) is 1.50. The molecule has 0 aliphatic carbocycles. The third kappa shape index (κ3) is 6.26. The van der Waals surface area contributed by atoms with E-state index in [0.717, 1.165) is 17.3 Å². The van der Waals surface area contributed by atoms with E-state index < -0.39 is 29.3 Å². The summed E-state index contributed by atoms with van der Waals surface area (Å²) < 4.78 is 5.33. The van der Waals surface area contributed by atoms with Gasteiger partial charge in [-0.3, -0.25) is 24.6 Å². The lowest BCUT2D eigenvalue weighted by Gasteiger charge is -2.13. The maximum absolute atomic E-state index is 12.9. The Labute approximate surface area is 221 Å². The maximum atomic E-state index is 12.9. The summed E-state index contributed by atoms with van der Waals surface area (Å²) in [7, 11) is 0. The zero-order valence-corrected chi connectivity index (χ0v) is 21.0. The highest BCUT2D eigenvalue weighted by atomic mass is 32.2. The zero-order chi connectivity index (χ0) is 26.5. The summed E-state index contributed by atoms with van der Waals surface area (Å²) in [5, 5.41) is 13.7. The minimum absolute atomic E-state index is 0.148. The van der Waals surface area contributed by atoms with Crippen molar-refractivity contribution < 1.29 is 24.0 Å². The van der Waals surface area contributed by atoms with Gasteiger partial charge < -0.3 is 10.1 Å². The number of benzene rings is 3. The van der Waals surface area contributed by atoms with Crippen molar-refractivity contribution in [2.45, 2.75) is 6.92 Å². The summed E-state index contributed by atoms with van der Waals surface area (Å²) in [6.07, 6.45) is 1.61. The first-order valence-electron chi connectivity index (χ1n) is 10.9. The molecule has 0 saturated carbocycles. The number of rotatable bonds is 7. The number of carbonyl (C=O) groups excluding carboxylic acids is 3. The third-order valence-electron chi connectivity index (χ3n) is 5.21. The molecule has 1 fully saturated rings. The molecule has 4 rings (SSSR count). The molecule has 0 atom stereocenters. The lowest BCUT2D eigenvalue weighted by Crippen LogP contribution is -2.27. The van der Waals surface area contributed by atoms with Crippen molar-refractivity contribution in [1.29, 1.82) is 0 Å². The van der Waals surface area contributed by atoms with Crippen LogP contribution in [0.1, 0.15) is 21.5 Å². The van der Waals surface area contributed by atoms with Gasteiger partial charge in [0.1, 0.15) is 0 Å². The van der Waals surface area contributed by atoms with E-state index in [2.05, 4.69) is 5.32 Å². The Hall–Kier alpha value is -4.35. The van der Waals surface area contributed by atoms with E-state index >= 15 is 0 Å². The number of nitrogens with one attached hydrogen (secondary N) is 1. The van der Waals surface area contributed by atoms with Crippen molar-refractivity contribution in [1.82, 2.24) is 0 Å². The lowest BCUT2D eigenvalue weighted by atomic mass is 10.1. The summed E-state index contributed by atoms with van der Waals surface area (Å²) in [6, 6.07) is 19.2. The van der Waals surface area contributed by atoms with Crippen LogP contribution >= 0.6 is 24.0 Å². The number of carbonyl (C=O) groups is 3. The molecule has 1 saturated heterocycles. The van der Waals surface area contributed by atoms with Crippen LogP contribution in [-0.2, 0) is 14.3 Å². The molecular weight excluding hydrogens is 514 g/mol. The van der Waals surface area contributed by atoms with Gasteiger partial charge in [0.25, 0.3) is 17.5 Å². The fourth-order valence-corrected chi connectivity index (χ4v) is 4.65. The van der Waals surface area contributed by atoms with Gasteiger partial charge in [0.05, 0.1) is 21.1 Å². The normalized spacial score (nSPS) is 14.1. The predicted octanol–water partition coefficient (Wildman–Crippen LogP) is 5.10. The van der Waals surface area contributed by atoms with Gasteiger partial charge in [0, 0.05) is 17.8 Å². The van der Waals surface area contributed by atoms with Crippen molar-refractivity contribution >= 4 is 69.2 Å². The molecule has 0 unspecified atom stereocenters. The summed E-state index contributed by atoms with van der Waals surface area (Å²) in [4.78, 5) is 49.4. The van der Waals surface area contributed by atoms with E-state index in [-0.39, 0.29) is 15.6 Å². The molecule has 186 valence electrons. The minimum atomic E-state index is -0.664. The van der Waals surface area contributed by atoms with Gasteiger partial charge >= 0.3 is 5.97 Å². The average Bonchev–Trinajstić information content (AvgIpc) is 3.16. The Kier molecular flexibility index (Phi) is 7.75. The lowest BCUT2D eigenvalue weighted by molar-refractivity contribution is -0.384. The van der Waals surface area contributed by atoms with Gasteiger partial charge in [-0.05, 0) is 48.9 Å². The summed E-state index contributed by atoms with van der Waals surface area (Å²) in [5.41, 5.74) is 2.70. The number of aryl methyl sites for hydroxylation is 1. The smallest absolute Gasteiger partial charge is 0.338 e. The number of ether oxygens (including phenoxy) is 1. The second-order valence-electron chi connectivity index (χ2n) is 7.91. The molecule has 37 heavy (non-hydrogen) atoms. The van der Waals surface area contributed by atoms with Crippen molar-refractivity contribution in [3.63, 3.8) is 0 Å². The number of esters is 1. The number of non-ortho nitro benzene ring substituents is 1. The van der Waals surface area contributed by atoms with E-state index in [1.54, 1.807) is 36.4 Å². The highest BCUT2D eigenvalue weighted by molar-refractivity contribution is 8.27. The Morgan fingerprint density at radius 3 is 2.49 bits per heavy atom. The van der Waals surface area contributed by atoms with E-state index in [4.69, 9.17) is 17.0 Å². The molecule has 9 nitrogen and oxygen atoms in total. The van der Waals surface area contributed by atoms with Crippen molar-refractivity contribution in [2.75, 3.05) is 16.8 Å². The number of nitrogens with zero attached hydrogens (tertiary/aromatic N) is 2. The molecule has 1 N–H and O–H groups in total. The van der Waals surface area contributed by atoms with Crippen LogP contribution in [0.2, 0.25) is 0 Å². The van der Waals surface area contributed by atoms with Crippen LogP contribution in [0, 0.1) is 17.0 Å². The fourth-order valence-electron chi connectivity index (χ4n) is 3.35. The number of anilines is 2. The number of thioether (sulfide) groups is 1. The van der Waals surface area contributed by atoms with E-state index in [0.29, 0.717) is 21.8 Å². The van der Waals surface area contributed by atoms with Crippen molar-refractivity contribution in [2.24, 2.45) is 0 Å². The Balaban J connectivity index is 1.38. The first kappa shape index (κ1) is 25.7. The molecule has 0 spiro atoms. The standard InChI is InChI=1S/C26H19N3O6S2/c1-16-5-11-19(12-6-16)27-23(30)15-35-25(32)18-9-7-17(8-10-18)13-22-24(31)28(26(36)37-22)20-3-2-4-21(14-20)29(33)34/h2-14H,15H2,1H3,(H,27,30)/b22-13+. The minimum Gasteiger partial charge on any atom is -0.452 e. The van der Waals surface area contributed by atoms with Gasteiger partial charge in [0.15, 0.2) is 10.9 Å². The van der Waals surface area contributed by atoms with E-state index in [9.17, 15) is 24.5 Å². The van der Waals surface area contributed by atoms with Crippen LogP contribution in [-0.4, -0.2) is 33.6 Å². The number of hydrogen-bond acceptors (Lipinski definition) is 8. The molecule has 11 heteroatoms. The fraction of sp³-hybridized carbons (Fsp3) is 0.0769. The molecule has 0 radical (unpaired) electrons. The molecule has 0 aromatic heterocycles. The van der Waals surface area contributed by atoms with Crippen LogP contribution in [0.5, 0.6) is 0 Å². The average molecular weight is 534 g/mol. The zero-order valence-electron chi connectivity index (χ0n) is 19.4. The van der Waals surface area contributed by atoms with E-state index in [1.165, 1.54) is 35.2 Å².